The van der Waals surface area contributed by atoms with Gasteiger partial charge in [0.1, 0.15) is 0 Å². The van der Waals surface area contributed by atoms with Crippen LogP contribution in [0.5, 0.6) is 0 Å². The Morgan fingerprint density at radius 2 is 2.00 bits per heavy atom. The third kappa shape index (κ3) is 3.95. The second kappa shape index (κ2) is 5.46. The van der Waals surface area contributed by atoms with Crippen molar-refractivity contribution < 1.29 is 5.11 Å². The van der Waals surface area contributed by atoms with E-state index in [0.29, 0.717) is 6.04 Å². The van der Waals surface area contributed by atoms with Gasteiger partial charge in [-0.3, -0.25) is 0 Å². The van der Waals surface area contributed by atoms with Crippen LogP contribution in [-0.4, -0.2) is 23.8 Å². The molecule has 0 heterocycles. The van der Waals surface area contributed by atoms with Crippen molar-refractivity contribution in [3.63, 3.8) is 0 Å². The minimum Gasteiger partial charge on any atom is -0.392 e. The number of nitrogens with one attached hydrogen (secondary N) is 1. The van der Waals surface area contributed by atoms with Gasteiger partial charge < -0.3 is 10.4 Å². The number of hydrogen-bond donors (Lipinski definition) is 2. The van der Waals surface area contributed by atoms with E-state index in [9.17, 15) is 5.11 Å². The predicted octanol–water partition coefficient (Wildman–Crippen LogP) is 2.04. The first-order valence-corrected chi connectivity index (χ1v) is 6.21. The zero-order valence-corrected chi connectivity index (χ0v) is 9.95. The van der Waals surface area contributed by atoms with Crippen LogP contribution < -0.4 is 5.32 Å². The fourth-order valence-corrected chi connectivity index (χ4v) is 1.78. The lowest BCUT2D eigenvalue weighted by atomic mass is 10.1. The second-order valence-electron chi connectivity index (χ2n) is 4.86. The standard InChI is InChI=1S/C14H21NO/c1-11-2-4-12(5-3-11)6-9-14(16)10-15-13-7-8-13/h2-5,13-16H,6-10H2,1H3. The molecule has 2 rings (SSSR count). The summed E-state index contributed by atoms with van der Waals surface area (Å²) in [6.45, 7) is 2.84. The van der Waals surface area contributed by atoms with Gasteiger partial charge in [0.2, 0.25) is 0 Å². The summed E-state index contributed by atoms with van der Waals surface area (Å²) < 4.78 is 0. The van der Waals surface area contributed by atoms with E-state index < -0.39 is 0 Å². The number of hydrogen-bond acceptors (Lipinski definition) is 2. The highest BCUT2D eigenvalue weighted by Gasteiger charge is 2.21. The maximum Gasteiger partial charge on any atom is 0.0667 e. The van der Waals surface area contributed by atoms with Crippen LogP contribution in [-0.2, 0) is 6.42 Å². The van der Waals surface area contributed by atoms with Gasteiger partial charge in [-0.15, -0.1) is 0 Å². The zero-order chi connectivity index (χ0) is 11.4. The van der Waals surface area contributed by atoms with Crippen molar-refractivity contribution in [1.82, 2.24) is 5.32 Å². The molecule has 2 heteroatoms. The Balaban J connectivity index is 1.67. The quantitative estimate of drug-likeness (QED) is 0.767. The number of benzene rings is 1. The third-order valence-electron chi connectivity index (χ3n) is 3.11. The number of aryl methyl sites for hydroxylation is 2. The molecule has 1 fully saturated rings. The molecule has 0 aliphatic heterocycles. The Kier molecular flexibility index (Phi) is 3.97. The summed E-state index contributed by atoms with van der Waals surface area (Å²) in [6, 6.07) is 9.25. The molecule has 0 bridgehead atoms. The van der Waals surface area contributed by atoms with E-state index in [1.54, 1.807) is 0 Å². The molecule has 1 atom stereocenters. The van der Waals surface area contributed by atoms with Crippen molar-refractivity contribution in [2.45, 2.75) is 44.8 Å². The summed E-state index contributed by atoms with van der Waals surface area (Å²) in [5, 5.41) is 13.1. The SMILES string of the molecule is Cc1ccc(CCC(O)CNC2CC2)cc1. The van der Waals surface area contributed by atoms with Gasteiger partial charge in [-0.1, -0.05) is 29.8 Å². The van der Waals surface area contributed by atoms with E-state index in [0.717, 1.165) is 19.4 Å². The van der Waals surface area contributed by atoms with Crippen LogP contribution in [0, 0.1) is 6.92 Å². The first kappa shape index (κ1) is 11.6. The van der Waals surface area contributed by atoms with Crippen LogP contribution in [0.15, 0.2) is 24.3 Å². The molecule has 1 aliphatic carbocycles. The first-order valence-electron chi connectivity index (χ1n) is 6.21. The number of aliphatic hydroxyl groups excluding tert-OH is 1. The van der Waals surface area contributed by atoms with Crippen LogP contribution in [0.3, 0.4) is 0 Å². The zero-order valence-electron chi connectivity index (χ0n) is 9.95. The molecule has 1 aromatic rings. The molecule has 0 aromatic heterocycles. The molecular formula is C14H21NO. The lowest BCUT2D eigenvalue weighted by Crippen LogP contribution is -2.28. The maximum atomic E-state index is 9.78. The smallest absolute Gasteiger partial charge is 0.0667 e. The number of rotatable bonds is 6. The van der Waals surface area contributed by atoms with Crippen molar-refractivity contribution in [1.29, 1.82) is 0 Å². The molecule has 1 saturated carbocycles. The summed E-state index contributed by atoms with van der Waals surface area (Å²) in [5.41, 5.74) is 2.61. The Morgan fingerprint density at radius 1 is 1.31 bits per heavy atom. The van der Waals surface area contributed by atoms with E-state index in [1.165, 1.54) is 24.0 Å². The van der Waals surface area contributed by atoms with Gasteiger partial charge in [0.05, 0.1) is 6.10 Å². The Bertz CT molecular complexity index is 316. The highest BCUT2D eigenvalue weighted by atomic mass is 16.3. The summed E-state index contributed by atoms with van der Waals surface area (Å²) in [6.07, 6.45) is 4.17. The van der Waals surface area contributed by atoms with E-state index in [2.05, 4.69) is 36.5 Å². The Hall–Kier alpha value is -0.860. The number of aliphatic hydroxyl groups is 1. The summed E-state index contributed by atoms with van der Waals surface area (Å²) >= 11 is 0. The molecule has 2 nitrogen and oxygen atoms in total. The van der Waals surface area contributed by atoms with Crippen LogP contribution in [0.25, 0.3) is 0 Å². The van der Waals surface area contributed by atoms with Crippen LogP contribution in [0.1, 0.15) is 30.4 Å². The fraction of sp³-hybridized carbons (Fsp3) is 0.571. The molecule has 1 aliphatic rings. The summed E-state index contributed by atoms with van der Waals surface area (Å²) in [5.74, 6) is 0. The van der Waals surface area contributed by atoms with Gasteiger partial charge in [-0.05, 0) is 38.2 Å². The molecule has 0 radical (unpaired) electrons. The average molecular weight is 219 g/mol. The summed E-state index contributed by atoms with van der Waals surface area (Å²) in [4.78, 5) is 0. The van der Waals surface area contributed by atoms with E-state index in [-0.39, 0.29) is 6.10 Å². The first-order chi connectivity index (χ1) is 7.74. The van der Waals surface area contributed by atoms with Crippen molar-refractivity contribution >= 4 is 0 Å². The molecule has 16 heavy (non-hydrogen) atoms. The normalized spacial score (nSPS) is 17.4. The molecule has 2 N–H and O–H groups in total. The van der Waals surface area contributed by atoms with Gasteiger partial charge >= 0.3 is 0 Å². The van der Waals surface area contributed by atoms with Crippen molar-refractivity contribution in [2.24, 2.45) is 0 Å². The van der Waals surface area contributed by atoms with Crippen molar-refractivity contribution in [2.75, 3.05) is 6.54 Å². The Labute approximate surface area is 97.7 Å². The topological polar surface area (TPSA) is 32.3 Å². The molecule has 0 saturated heterocycles. The molecule has 0 amide bonds. The van der Waals surface area contributed by atoms with Crippen LogP contribution in [0.2, 0.25) is 0 Å². The minimum atomic E-state index is -0.207. The van der Waals surface area contributed by atoms with Crippen molar-refractivity contribution in [3.8, 4) is 0 Å². The highest BCUT2D eigenvalue weighted by molar-refractivity contribution is 5.21. The third-order valence-corrected chi connectivity index (χ3v) is 3.11. The van der Waals surface area contributed by atoms with Gasteiger partial charge in [0.15, 0.2) is 0 Å². The average Bonchev–Trinajstić information content (AvgIpc) is 3.09. The lowest BCUT2D eigenvalue weighted by Gasteiger charge is -2.11. The highest BCUT2D eigenvalue weighted by Crippen LogP contribution is 2.18. The van der Waals surface area contributed by atoms with Crippen molar-refractivity contribution in [3.05, 3.63) is 35.4 Å². The monoisotopic (exact) mass is 219 g/mol. The van der Waals surface area contributed by atoms with Gasteiger partial charge in [-0.2, -0.15) is 0 Å². The van der Waals surface area contributed by atoms with Gasteiger partial charge in [0, 0.05) is 12.6 Å². The minimum absolute atomic E-state index is 0.207. The van der Waals surface area contributed by atoms with E-state index in [4.69, 9.17) is 0 Å². The molecular weight excluding hydrogens is 198 g/mol. The lowest BCUT2D eigenvalue weighted by molar-refractivity contribution is 0.161. The van der Waals surface area contributed by atoms with Crippen LogP contribution >= 0.6 is 0 Å². The molecule has 1 aromatic carbocycles. The van der Waals surface area contributed by atoms with Crippen LogP contribution in [0.4, 0.5) is 0 Å². The molecule has 1 unspecified atom stereocenters. The molecule has 0 spiro atoms. The van der Waals surface area contributed by atoms with E-state index >= 15 is 0 Å². The Morgan fingerprint density at radius 3 is 2.62 bits per heavy atom. The predicted molar refractivity (Wildman–Crippen MR) is 66.5 cm³/mol. The fourth-order valence-electron chi connectivity index (χ4n) is 1.78. The van der Waals surface area contributed by atoms with Gasteiger partial charge in [-0.25, -0.2) is 0 Å². The summed E-state index contributed by atoms with van der Waals surface area (Å²) in [7, 11) is 0. The molecule has 88 valence electrons. The largest absolute Gasteiger partial charge is 0.392 e. The van der Waals surface area contributed by atoms with Gasteiger partial charge in [0.25, 0.3) is 0 Å². The van der Waals surface area contributed by atoms with E-state index in [1.807, 2.05) is 0 Å². The maximum absolute atomic E-state index is 9.78. The second-order valence-corrected chi connectivity index (χ2v) is 4.86.